The normalized spacial score (nSPS) is 10.1. The number of carbonyl (C=O) groups excluding carboxylic acids is 1. The Hall–Kier alpha value is -1.65. The number of nitrogens with one attached hydrogen (secondary N) is 1. The molecule has 0 radical (unpaired) electrons. The van der Waals surface area contributed by atoms with E-state index in [-0.39, 0.29) is 5.91 Å². The van der Waals surface area contributed by atoms with Gasteiger partial charge in [0.1, 0.15) is 0 Å². The van der Waals surface area contributed by atoms with Gasteiger partial charge in [0.05, 0.1) is 0 Å². The lowest BCUT2D eigenvalue weighted by molar-refractivity contribution is -0.116. The highest BCUT2D eigenvalue weighted by molar-refractivity contribution is 5.89. The van der Waals surface area contributed by atoms with Crippen molar-refractivity contribution in [1.82, 2.24) is 10.2 Å². The van der Waals surface area contributed by atoms with E-state index in [4.69, 9.17) is 0 Å². The van der Waals surface area contributed by atoms with E-state index in [0.717, 1.165) is 25.3 Å². The first-order valence-corrected chi connectivity index (χ1v) is 6.09. The van der Waals surface area contributed by atoms with Gasteiger partial charge in [-0.25, -0.2) is 0 Å². The lowest BCUT2D eigenvalue weighted by atomic mass is 10.3. The Morgan fingerprint density at radius 2 is 1.94 bits per heavy atom. The maximum Gasteiger partial charge on any atom is 0.225 e. The van der Waals surface area contributed by atoms with E-state index in [1.165, 1.54) is 0 Å². The largest absolute Gasteiger partial charge is 0.356 e. The van der Waals surface area contributed by atoms with Gasteiger partial charge in [0, 0.05) is 19.5 Å². The number of nitrogens with zero attached hydrogens (tertiary/aromatic N) is 3. The summed E-state index contributed by atoms with van der Waals surface area (Å²) >= 11 is 0. The fourth-order valence-corrected chi connectivity index (χ4v) is 1.54. The Balaban J connectivity index is 2.64. The monoisotopic (exact) mass is 236 g/mol. The molecule has 0 atom stereocenters. The zero-order valence-electron chi connectivity index (χ0n) is 10.7. The van der Waals surface area contributed by atoms with Gasteiger partial charge in [0.25, 0.3) is 0 Å². The summed E-state index contributed by atoms with van der Waals surface area (Å²) in [5.74, 6) is 1.33. The van der Waals surface area contributed by atoms with Gasteiger partial charge in [-0.3, -0.25) is 4.79 Å². The quantitative estimate of drug-likeness (QED) is 0.821. The Kier molecular flexibility index (Phi) is 5.39. The predicted molar refractivity (Wildman–Crippen MR) is 69.1 cm³/mol. The third-order valence-corrected chi connectivity index (χ3v) is 2.48. The summed E-state index contributed by atoms with van der Waals surface area (Å²) in [7, 11) is 0. The first kappa shape index (κ1) is 13.4. The SMILES string of the molecule is CCCC(=O)Nc1ccc(N(CC)CC)nn1. The van der Waals surface area contributed by atoms with Crippen molar-refractivity contribution in [1.29, 1.82) is 0 Å². The summed E-state index contributed by atoms with van der Waals surface area (Å²) < 4.78 is 0. The smallest absolute Gasteiger partial charge is 0.225 e. The summed E-state index contributed by atoms with van der Waals surface area (Å²) in [6.07, 6.45) is 1.34. The second-order valence-corrected chi connectivity index (χ2v) is 3.75. The number of aromatic nitrogens is 2. The van der Waals surface area contributed by atoms with Crippen LogP contribution >= 0.6 is 0 Å². The highest BCUT2D eigenvalue weighted by Gasteiger charge is 2.05. The molecule has 1 aromatic rings. The van der Waals surface area contributed by atoms with Crippen molar-refractivity contribution in [3.63, 3.8) is 0 Å². The minimum absolute atomic E-state index is 0.0163. The molecule has 0 aliphatic rings. The average molecular weight is 236 g/mol. The van der Waals surface area contributed by atoms with Gasteiger partial charge in [0.15, 0.2) is 11.6 Å². The number of anilines is 2. The number of hydrogen-bond donors (Lipinski definition) is 1. The molecule has 0 bridgehead atoms. The number of amides is 1. The molecule has 0 aliphatic carbocycles. The highest BCUT2D eigenvalue weighted by Crippen LogP contribution is 2.11. The van der Waals surface area contributed by atoms with E-state index in [1.54, 1.807) is 6.07 Å². The standard InChI is InChI=1S/C12H20N4O/c1-4-7-12(17)13-10-8-9-11(15-14-10)16(5-2)6-3/h8-9H,4-7H2,1-3H3,(H,13,14,17). The van der Waals surface area contributed by atoms with Crippen molar-refractivity contribution in [2.24, 2.45) is 0 Å². The molecular weight excluding hydrogens is 216 g/mol. The Morgan fingerprint density at radius 1 is 1.24 bits per heavy atom. The van der Waals surface area contributed by atoms with Crippen molar-refractivity contribution >= 4 is 17.5 Å². The molecule has 0 aliphatic heterocycles. The zero-order chi connectivity index (χ0) is 12.7. The van der Waals surface area contributed by atoms with E-state index < -0.39 is 0 Å². The van der Waals surface area contributed by atoms with Crippen LogP contribution in [0.2, 0.25) is 0 Å². The van der Waals surface area contributed by atoms with E-state index in [1.807, 2.05) is 13.0 Å². The van der Waals surface area contributed by atoms with Crippen LogP contribution in [0.1, 0.15) is 33.6 Å². The maximum absolute atomic E-state index is 11.4. The summed E-state index contributed by atoms with van der Waals surface area (Å²) in [5, 5.41) is 10.8. The minimum Gasteiger partial charge on any atom is -0.356 e. The first-order chi connectivity index (χ1) is 8.21. The summed E-state index contributed by atoms with van der Waals surface area (Å²) in [6.45, 7) is 7.90. The lowest BCUT2D eigenvalue weighted by Crippen LogP contribution is -2.23. The molecule has 1 amide bonds. The molecule has 1 heterocycles. The summed E-state index contributed by atoms with van der Waals surface area (Å²) in [6, 6.07) is 3.66. The predicted octanol–water partition coefficient (Wildman–Crippen LogP) is 2.06. The number of carbonyl (C=O) groups is 1. The van der Waals surface area contributed by atoms with Crippen LogP contribution in [0.4, 0.5) is 11.6 Å². The third-order valence-electron chi connectivity index (χ3n) is 2.48. The summed E-state index contributed by atoms with van der Waals surface area (Å²) in [5.41, 5.74) is 0. The van der Waals surface area contributed by atoms with Gasteiger partial charge < -0.3 is 10.2 Å². The van der Waals surface area contributed by atoms with Crippen LogP contribution < -0.4 is 10.2 Å². The van der Waals surface area contributed by atoms with Gasteiger partial charge in [-0.05, 0) is 32.4 Å². The highest BCUT2D eigenvalue weighted by atomic mass is 16.1. The molecule has 0 aromatic carbocycles. The minimum atomic E-state index is -0.0163. The van der Waals surface area contributed by atoms with Crippen molar-refractivity contribution in [2.75, 3.05) is 23.3 Å². The molecule has 5 nitrogen and oxygen atoms in total. The Morgan fingerprint density at radius 3 is 2.41 bits per heavy atom. The molecular formula is C12H20N4O. The topological polar surface area (TPSA) is 58.1 Å². The molecule has 17 heavy (non-hydrogen) atoms. The second-order valence-electron chi connectivity index (χ2n) is 3.75. The van der Waals surface area contributed by atoms with E-state index in [2.05, 4.69) is 34.3 Å². The van der Waals surface area contributed by atoms with Crippen LogP contribution in [0, 0.1) is 0 Å². The van der Waals surface area contributed by atoms with Gasteiger partial charge in [0.2, 0.25) is 5.91 Å². The van der Waals surface area contributed by atoms with Crippen LogP contribution in [0.5, 0.6) is 0 Å². The van der Waals surface area contributed by atoms with Crippen molar-refractivity contribution < 1.29 is 4.79 Å². The maximum atomic E-state index is 11.4. The zero-order valence-corrected chi connectivity index (χ0v) is 10.7. The number of hydrogen-bond acceptors (Lipinski definition) is 4. The molecule has 94 valence electrons. The molecule has 0 fully saturated rings. The van der Waals surface area contributed by atoms with Gasteiger partial charge in [-0.15, -0.1) is 10.2 Å². The molecule has 0 unspecified atom stereocenters. The second kappa shape index (κ2) is 6.83. The van der Waals surface area contributed by atoms with Crippen LogP contribution in [-0.2, 0) is 4.79 Å². The number of rotatable bonds is 6. The molecule has 5 heteroatoms. The molecule has 0 saturated carbocycles. The Labute approximate surface area is 102 Å². The van der Waals surface area contributed by atoms with Crippen LogP contribution in [0.15, 0.2) is 12.1 Å². The van der Waals surface area contributed by atoms with Crippen molar-refractivity contribution in [3.8, 4) is 0 Å². The molecule has 1 N–H and O–H groups in total. The molecule has 1 aromatic heterocycles. The van der Waals surface area contributed by atoms with Crippen LogP contribution in [0.25, 0.3) is 0 Å². The Bertz CT molecular complexity index is 346. The van der Waals surface area contributed by atoms with Crippen LogP contribution in [-0.4, -0.2) is 29.2 Å². The van der Waals surface area contributed by atoms with Gasteiger partial charge in [-0.2, -0.15) is 0 Å². The molecule has 0 saturated heterocycles. The first-order valence-electron chi connectivity index (χ1n) is 6.09. The van der Waals surface area contributed by atoms with Gasteiger partial charge in [-0.1, -0.05) is 6.92 Å². The summed E-state index contributed by atoms with van der Waals surface area (Å²) in [4.78, 5) is 13.5. The molecule has 0 spiro atoms. The van der Waals surface area contributed by atoms with E-state index in [0.29, 0.717) is 12.2 Å². The van der Waals surface area contributed by atoms with Gasteiger partial charge >= 0.3 is 0 Å². The van der Waals surface area contributed by atoms with E-state index >= 15 is 0 Å². The third kappa shape index (κ3) is 4.01. The fourth-order valence-electron chi connectivity index (χ4n) is 1.54. The lowest BCUT2D eigenvalue weighted by Gasteiger charge is -2.18. The average Bonchev–Trinajstić information content (AvgIpc) is 2.33. The van der Waals surface area contributed by atoms with Crippen LogP contribution in [0.3, 0.4) is 0 Å². The van der Waals surface area contributed by atoms with Crippen molar-refractivity contribution in [2.45, 2.75) is 33.6 Å². The molecule has 1 rings (SSSR count). The van der Waals surface area contributed by atoms with Crippen molar-refractivity contribution in [3.05, 3.63) is 12.1 Å². The fraction of sp³-hybridized carbons (Fsp3) is 0.583. The van der Waals surface area contributed by atoms with E-state index in [9.17, 15) is 4.79 Å².